The van der Waals surface area contributed by atoms with Gasteiger partial charge in [0.05, 0.1) is 4.90 Å². The number of rotatable bonds is 3. The summed E-state index contributed by atoms with van der Waals surface area (Å²) in [5.41, 5.74) is 0.471. The molecule has 2 atom stereocenters. The Morgan fingerprint density at radius 3 is 2.28 bits per heavy atom. The van der Waals surface area contributed by atoms with E-state index < -0.39 is 10.0 Å². The Labute approximate surface area is 151 Å². The second-order valence-corrected chi connectivity index (χ2v) is 9.27. The van der Waals surface area contributed by atoms with Crippen LogP contribution in [0.2, 0.25) is 0 Å². The fourth-order valence-electron chi connectivity index (χ4n) is 4.01. The van der Waals surface area contributed by atoms with Gasteiger partial charge in [0, 0.05) is 30.7 Å². The topological polar surface area (TPSA) is 57.7 Å². The zero-order chi connectivity index (χ0) is 18.0. The average Bonchev–Trinajstić information content (AvgIpc) is 2.62. The third-order valence-corrected chi connectivity index (χ3v) is 7.36. The molecule has 0 aliphatic carbocycles. The normalized spacial score (nSPS) is 25.8. The number of piperidine rings is 2. The quantitative estimate of drug-likeness (QED) is 0.827. The Morgan fingerprint density at radius 2 is 1.64 bits per heavy atom. The summed E-state index contributed by atoms with van der Waals surface area (Å²) in [6.07, 6.45) is 6.02. The molecule has 3 rings (SSSR count). The van der Waals surface area contributed by atoms with Crippen LogP contribution in [0.4, 0.5) is 0 Å². The van der Waals surface area contributed by atoms with E-state index >= 15 is 0 Å². The fraction of sp³-hybridized carbons (Fsp3) is 0.632. The first kappa shape index (κ1) is 18.4. The van der Waals surface area contributed by atoms with E-state index in [0.717, 1.165) is 38.5 Å². The SMILES string of the molecule is CC1CCCC(C)N1C(=O)c1cccc(S(=O)(=O)N2CCCCC2)c1. The molecule has 0 aromatic heterocycles. The summed E-state index contributed by atoms with van der Waals surface area (Å²) < 4.78 is 27.3. The highest BCUT2D eigenvalue weighted by molar-refractivity contribution is 7.89. The molecular weight excluding hydrogens is 336 g/mol. The van der Waals surface area contributed by atoms with Gasteiger partial charge in [-0.3, -0.25) is 4.79 Å². The summed E-state index contributed by atoms with van der Waals surface area (Å²) in [5.74, 6) is -0.0598. The molecule has 2 aliphatic heterocycles. The zero-order valence-electron chi connectivity index (χ0n) is 15.1. The van der Waals surface area contributed by atoms with Crippen molar-refractivity contribution in [2.24, 2.45) is 0 Å². The van der Waals surface area contributed by atoms with Crippen molar-refractivity contribution in [3.05, 3.63) is 29.8 Å². The minimum atomic E-state index is -3.51. The van der Waals surface area contributed by atoms with Crippen LogP contribution in [0.1, 0.15) is 62.7 Å². The number of hydrogen-bond donors (Lipinski definition) is 0. The summed E-state index contributed by atoms with van der Waals surface area (Å²) >= 11 is 0. The standard InChI is InChI=1S/C19H28N2O3S/c1-15-8-6-9-16(2)21(15)19(22)17-10-7-11-18(14-17)25(23,24)20-12-4-3-5-13-20/h7,10-11,14-16H,3-6,8-9,12-13H2,1-2H3. The Morgan fingerprint density at radius 1 is 1.00 bits per heavy atom. The average molecular weight is 365 g/mol. The largest absolute Gasteiger partial charge is 0.333 e. The Hall–Kier alpha value is -1.40. The van der Waals surface area contributed by atoms with Gasteiger partial charge in [0.2, 0.25) is 10.0 Å². The molecule has 138 valence electrons. The van der Waals surface area contributed by atoms with Crippen molar-refractivity contribution in [3.8, 4) is 0 Å². The predicted octanol–water partition coefficient (Wildman–Crippen LogP) is 3.26. The van der Waals surface area contributed by atoms with Crippen LogP contribution in [-0.4, -0.2) is 48.7 Å². The van der Waals surface area contributed by atoms with E-state index in [1.54, 1.807) is 28.6 Å². The van der Waals surface area contributed by atoms with Gasteiger partial charge >= 0.3 is 0 Å². The van der Waals surface area contributed by atoms with Crippen LogP contribution in [0.15, 0.2) is 29.2 Å². The van der Waals surface area contributed by atoms with Gasteiger partial charge in [-0.1, -0.05) is 12.5 Å². The maximum absolute atomic E-state index is 13.0. The van der Waals surface area contributed by atoms with E-state index in [-0.39, 0.29) is 22.9 Å². The highest BCUT2D eigenvalue weighted by atomic mass is 32.2. The first-order chi connectivity index (χ1) is 11.9. The lowest BCUT2D eigenvalue weighted by atomic mass is 9.96. The number of amides is 1. The van der Waals surface area contributed by atoms with Crippen LogP contribution in [0.3, 0.4) is 0 Å². The van der Waals surface area contributed by atoms with Gasteiger partial charge in [0.25, 0.3) is 5.91 Å². The van der Waals surface area contributed by atoms with Crippen molar-refractivity contribution in [2.45, 2.75) is 69.4 Å². The Bertz CT molecular complexity index is 716. The van der Waals surface area contributed by atoms with Crippen molar-refractivity contribution in [1.29, 1.82) is 0 Å². The third-order valence-electron chi connectivity index (χ3n) is 5.46. The molecule has 1 aromatic carbocycles. The first-order valence-electron chi connectivity index (χ1n) is 9.34. The van der Waals surface area contributed by atoms with E-state index in [0.29, 0.717) is 18.7 Å². The lowest BCUT2D eigenvalue weighted by Crippen LogP contribution is -2.47. The number of likely N-dealkylation sites (tertiary alicyclic amines) is 1. The summed E-state index contributed by atoms with van der Waals surface area (Å²) in [6.45, 7) is 5.28. The highest BCUT2D eigenvalue weighted by Crippen LogP contribution is 2.26. The number of hydrogen-bond acceptors (Lipinski definition) is 3. The zero-order valence-corrected chi connectivity index (χ0v) is 16.0. The van der Waals surface area contributed by atoms with Crippen molar-refractivity contribution in [2.75, 3.05) is 13.1 Å². The van der Waals surface area contributed by atoms with Crippen molar-refractivity contribution < 1.29 is 13.2 Å². The van der Waals surface area contributed by atoms with Crippen molar-refractivity contribution >= 4 is 15.9 Å². The molecule has 0 N–H and O–H groups in total. The van der Waals surface area contributed by atoms with Gasteiger partial charge in [0.15, 0.2) is 0 Å². The van der Waals surface area contributed by atoms with E-state index in [9.17, 15) is 13.2 Å². The minimum absolute atomic E-state index is 0.0598. The summed E-state index contributed by atoms with van der Waals surface area (Å²) in [6, 6.07) is 6.95. The van der Waals surface area contributed by atoms with Crippen molar-refractivity contribution in [1.82, 2.24) is 9.21 Å². The lowest BCUT2D eigenvalue weighted by Gasteiger charge is -2.39. The second kappa shape index (κ2) is 7.46. The van der Waals surface area contributed by atoms with Crippen LogP contribution in [0, 0.1) is 0 Å². The molecular formula is C19H28N2O3S. The third kappa shape index (κ3) is 3.75. The number of carbonyl (C=O) groups excluding carboxylic acids is 1. The number of sulfonamides is 1. The number of carbonyl (C=O) groups is 1. The van der Waals surface area contributed by atoms with E-state index in [4.69, 9.17) is 0 Å². The van der Waals surface area contributed by atoms with E-state index in [2.05, 4.69) is 13.8 Å². The molecule has 25 heavy (non-hydrogen) atoms. The molecule has 2 unspecified atom stereocenters. The molecule has 2 heterocycles. The van der Waals surface area contributed by atoms with E-state index in [1.165, 1.54) is 0 Å². The van der Waals surface area contributed by atoms with Gasteiger partial charge in [-0.15, -0.1) is 0 Å². The maximum atomic E-state index is 13.0. The van der Waals surface area contributed by atoms with Gasteiger partial charge in [-0.2, -0.15) is 4.31 Å². The summed E-state index contributed by atoms with van der Waals surface area (Å²) in [7, 11) is -3.51. The van der Waals surface area contributed by atoms with Crippen LogP contribution < -0.4 is 0 Å². The molecule has 1 amide bonds. The molecule has 1 aromatic rings. The summed E-state index contributed by atoms with van der Waals surface area (Å²) in [4.78, 5) is 15.1. The fourth-order valence-corrected chi connectivity index (χ4v) is 5.58. The molecule has 5 nitrogen and oxygen atoms in total. The van der Waals surface area contributed by atoms with Crippen LogP contribution >= 0.6 is 0 Å². The maximum Gasteiger partial charge on any atom is 0.254 e. The minimum Gasteiger partial charge on any atom is -0.333 e. The van der Waals surface area contributed by atoms with Gasteiger partial charge in [-0.25, -0.2) is 8.42 Å². The molecule has 2 saturated heterocycles. The predicted molar refractivity (Wildman–Crippen MR) is 98.0 cm³/mol. The number of benzene rings is 1. The van der Waals surface area contributed by atoms with Gasteiger partial charge in [0.1, 0.15) is 0 Å². The van der Waals surface area contributed by atoms with Crippen LogP contribution in [-0.2, 0) is 10.0 Å². The second-order valence-electron chi connectivity index (χ2n) is 7.33. The Kier molecular flexibility index (Phi) is 5.49. The molecule has 2 fully saturated rings. The molecule has 6 heteroatoms. The summed E-state index contributed by atoms with van der Waals surface area (Å²) in [5, 5.41) is 0. The monoisotopic (exact) mass is 364 g/mol. The Balaban J connectivity index is 1.87. The van der Waals surface area contributed by atoms with Crippen molar-refractivity contribution in [3.63, 3.8) is 0 Å². The van der Waals surface area contributed by atoms with Gasteiger partial charge < -0.3 is 4.90 Å². The molecule has 2 aliphatic rings. The van der Waals surface area contributed by atoms with Gasteiger partial charge in [-0.05, 0) is 64.2 Å². The van der Waals surface area contributed by atoms with Crippen LogP contribution in [0.5, 0.6) is 0 Å². The molecule has 0 radical (unpaired) electrons. The highest BCUT2D eigenvalue weighted by Gasteiger charge is 2.31. The number of nitrogens with zero attached hydrogens (tertiary/aromatic N) is 2. The molecule has 0 bridgehead atoms. The van der Waals surface area contributed by atoms with Crippen LogP contribution in [0.25, 0.3) is 0 Å². The molecule has 0 spiro atoms. The first-order valence-corrected chi connectivity index (χ1v) is 10.8. The van der Waals surface area contributed by atoms with E-state index in [1.807, 2.05) is 4.90 Å². The molecule has 0 saturated carbocycles. The lowest BCUT2D eigenvalue weighted by molar-refractivity contribution is 0.0510. The smallest absolute Gasteiger partial charge is 0.254 e.